The molecule has 7 heteroatoms. The van der Waals surface area contributed by atoms with E-state index in [1.807, 2.05) is 10.6 Å². The molecule has 0 bridgehead atoms. The number of H-pyrrole nitrogens is 1. The average molecular weight is 407 g/mol. The van der Waals surface area contributed by atoms with Crippen molar-refractivity contribution < 1.29 is 0 Å². The van der Waals surface area contributed by atoms with E-state index in [1.54, 1.807) is 18.8 Å². The molecule has 1 N–H and O–H groups in total. The third kappa shape index (κ3) is 6.12. The second kappa shape index (κ2) is 11.9. The molecule has 28 heavy (non-hydrogen) atoms. The summed E-state index contributed by atoms with van der Waals surface area (Å²) in [4.78, 5) is 31.2. The Morgan fingerprint density at radius 1 is 1.04 bits per heavy atom. The molecule has 2 rings (SSSR count). The summed E-state index contributed by atoms with van der Waals surface area (Å²) in [5, 5.41) is 0.775. The van der Waals surface area contributed by atoms with Crippen LogP contribution in [0, 0.1) is 0 Å². The van der Waals surface area contributed by atoms with Crippen LogP contribution in [0.5, 0.6) is 0 Å². The zero-order chi connectivity index (χ0) is 20.4. The standard InChI is InChI=1S/C21H34N4O2S/c1-4-6-7-8-9-10-11-12-13-14-15-25-17-18(22-21(25)28-16-5-2)24(3)20(27)23-19(17)26/h5H,2,4,6-16H2,1,3H3,(H,23,26,27). The second-order valence-corrected chi connectivity index (χ2v) is 8.31. The van der Waals surface area contributed by atoms with Gasteiger partial charge in [0.25, 0.3) is 5.56 Å². The Morgan fingerprint density at radius 3 is 2.25 bits per heavy atom. The van der Waals surface area contributed by atoms with Crippen LogP contribution in [-0.2, 0) is 13.6 Å². The number of imidazole rings is 1. The number of unbranched alkanes of at least 4 members (excludes halogenated alkanes) is 9. The third-order valence-electron chi connectivity index (χ3n) is 5.04. The minimum absolute atomic E-state index is 0.358. The fourth-order valence-electron chi connectivity index (χ4n) is 3.42. The molecule has 0 fully saturated rings. The number of hydrogen-bond donors (Lipinski definition) is 1. The van der Waals surface area contributed by atoms with E-state index in [1.165, 1.54) is 55.9 Å². The first-order valence-electron chi connectivity index (χ1n) is 10.5. The van der Waals surface area contributed by atoms with Gasteiger partial charge in [-0.25, -0.2) is 9.78 Å². The largest absolute Gasteiger partial charge is 0.329 e. The fraction of sp³-hybridized carbons (Fsp3) is 0.667. The molecule has 0 unspecified atom stereocenters. The minimum atomic E-state index is -0.429. The molecule has 0 aliphatic rings. The first-order valence-corrected chi connectivity index (χ1v) is 11.5. The monoisotopic (exact) mass is 406 g/mol. The fourth-order valence-corrected chi connectivity index (χ4v) is 4.18. The van der Waals surface area contributed by atoms with Gasteiger partial charge in [-0.15, -0.1) is 6.58 Å². The third-order valence-corrected chi connectivity index (χ3v) is 6.01. The lowest BCUT2D eigenvalue weighted by molar-refractivity contribution is 0.527. The molecule has 156 valence electrons. The summed E-state index contributed by atoms with van der Waals surface area (Å²) in [6.45, 7) is 6.75. The van der Waals surface area contributed by atoms with Crippen LogP contribution in [0.25, 0.3) is 11.2 Å². The van der Waals surface area contributed by atoms with E-state index >= 15 is 0 Å². The summed E-state index contributed by atoms with van der Waals surface area (Å²) in [6.07, 6.45) is 14.5. The van der Waals surface area contributed by atoms with Crippen LogP contribution in [0.1, 0.15) is 71.1 Å². The first-order chi connectivity index (χ1) is 13.6. The second-order valence-electron chi connectivity index (χ2n) is 7.32. The smallest absolute Gasteiger partial charge is 0.313 e. The Morgan fingerprint density at radius 2 is 1.64 bits per heavy atom. The van der Waals surface area contributed by atoms with Crippen LogP contribution < -0.4 is 11.2 Å². The van der Waals surface area contributed by atoms with Crippen molar-refractivity contribution in [2.45, 2.75) is 82.8 Å². The maximum Gasteiger partial charge on any atom is 0.329 e. The number of rotatable bonds is 14. The van der Waals surface area contributed by atoms with E-state index < -0.39 is 5.69 Å². The lowest BCUT2D eigenvalue weighted by Crippen LogP contribution is -2.29. The lowest BCUT2D eigenvalue weighted by Gasteiger charge is -2.08. The van der Waals surface area contributed by atoms with Gasteiger partial charge in [0, 0.05) is 19.3 Å². The number of aromatic amines is 1. The zero-order valence-electron chi connectivity index (χ0n) is 17.3. The summed E-state index contributed by atoms with van der Waals surface area (Å²) in [6, 6.07) is 0. The quantitative estimate of drug-likeness (QED) is 0.282. The number of nitrogens with one attached hydrogen (secondary N) is 1. The Balaban J connectivity index is 1.94. The first kappa shape index (κ1) is 22.5. The number of hydrogen-bond acceptors (Lipinski definition) is 4. The number of nitrogens with zero attached hydrogens (tertiary/aromatic N) is 3. The van der Waals surface area contributed by atoms with Gasteiger partial charge >= 0.3 is 5.69 Å². The lowest BCUT2D eigenvalue weighted by atomic mass is 10.1. The van der Waals surface area contributed by atoms with Crippen molar-refractivity contribution in [3.63, 3.8) is 0 Å². The SMILES string of the molecule is C=CCSc1nc2c(c(=O)[nH]c(=O)n2C)n1CCCCCCCCCCCC. The molecule has 0 aromatic carbocycles. The van der Waals surface area contributed by atoms with Crippen LogP contribution in [-0.4, -0.2) is 24.9 Å². The molecule has 6 nitrogen and oxygen atoms in total. The van der Waals surface area contributed by atoms with Crippen molar-refractivity contribution in [3.05, 3.63) is 33.5 Å². The molecule has 2 heterocycles. The molecule has 0 aliphatic carbocycles. The van der Waals surface area contributed by atoms with E-state index in [9.17, 15) is 9.59 Å². The van der Waals surface area contributed by atoms with Gasteiger partial charge in [0.1, 0.15) is 0 Å². The zero-order valence-corrected chi connectivity index (χ0v) is 18.2. The van der Waals surface area contributed by atoms with E-state index in [2.05, 4.69) is 23.5 Å². The Hall–Kier alpha value is -1.76. The molecule has 0 spiro atoms. The number of aryl methyl sites for hydroxylation is 2. The number of aromatic nitrogens is 4. The minimum Gasteiger partial charge on any atom is -0.313 e. The predicted molar refractivity (Wildman–Crippen MR) is 118 cm³/mol. The number of thioether (sulfide) groups is 1. The molecule has 0 radical (unpaired) electrons. The summed E-state index contributed by atoms with van der Waals surface area (Å²) in [7, 11) is 1.64. The summed E-state index contributed by atoms with van der Waals surface area (Å²) < 4.78 is 3.37. The van der Waals surface area contributed by atoms with Crippen molar-refractivity contribution in [3.8, 4) is 0 Å². The van der Waals surface area contributed by atoms with Gasteiger partial charge < -0.3 is 4.57 Å². The topological polar surface area (TPSA) is 72.7 Å². The summed E-state index contributed by atoms with van der Waals surface area (Å²) >= 11 is 1.54. The van der Waals surface area contributed by atoms with Crippen LogP contribution in [0.15, 0.2) is 27.4 Å². The Bertz CT molecular complexity index is 866. The predicted octanol–water partition coefficient (Wildman–Crippen LogP) is 4.62. The maximum atomic E-state index is 12.4. The summed E-state index contributed by atoms with van der Waals surface area (Å²) in [5.74, 6) is 0.715. The van der Waals surface area contributed by atoms with Crippen molar-refractivity contribution in [2.24, 2.45) is 7.05 Å². The number of fused-ring (bicyclic) bond motifs is 1. The maximum absolute atomic E-state index is 12.4. The van der Waals surface area contributed by atoms with Crippen molar-refractivity contribution in [1.29, 1.82) is 0 Å². The van der Waals surface area contributed by atoms with Gasteiger partial charge in [-0.05, 0) is 6.42 Å². The Labute approximate surface area is 171 Å². The van der Waals surface area contributed by atoms with Gasteiger partial charge in [-0.1, -0.05) is 82.5 Å². The summed E-state index contributed by atoms with van der Waals surface area (Å²) in [5.41, 5.74) is 0.154. The van der Waals surface area contributed by atoms with Crippen LogP contribution >= 0.6 is 11.8 Å². The highest BCUT2D eigenvalue weighted by atomic mass is 32.2. The molecule has 0 saturated heterocycles. The van der Waals surface area contributed by atoms with E-state index in [-0.39, 0.29) is 5.56 Å². The molecular formula is C21H34N4O2S. The van der Waals surface area contributed by atoms with Gasteiger partial charge in [-0.3, -0.25) is 14.3 Å². The molecular weight excluding hydrogens is 372 g/mol. The van der Waals surface area contributed by atoms with E-state index in [0.717, 1.165) is 24.5 Å². The van der Waals surface area contributed by atoms with E-state index in [4.69, 9.17) is 0 Å². The average Bonchev–Trinajstić information content (AvgIpc) is 3.05. The van der Waals surface area contributed by atoms with Crippen LogP contribution in [0.3, 0.4) is 0 Å². The van der Waals surface area contributed by atoms with Crippen molar-refractivity contribution in [2.75, 3.05) is 5.75 Å². The van der Waals surface area contributed by atoms with Crippen molar-refractivity contribution in [1.82, 2.24) is 19.1 Å². The van der Waals surface area contributed by atoms with Crippen LogP contribution in [0.2, 0.25) is 0 Å². The molecule has 0 atom stereocenters. The van der Waals surface area contributed by atoms with Gasteiger partial charge in [0.2, 0.25) is 0 Å². The highest BCUT2D eigenvalue weighted by Gasteiger charge is 2.17. The molecule has 2 aromatic heterocycles. The normalized spacial score (nSPS) is 11.4. The van der Waals surface area contributed by atoms with E-state index in [0.29, 0.717) is 16.9 Å². The highest BCUT2D eigenvalue weighted by molar-refractivity contribution is 7.99. The molecule has 2 aromatic rings. The van der Waals surface area contributed by atoms with Gasteiger partial charge in [-0.2, -0.15) is 0 Å². The Kier molecular flexibility index (Phi) is 9.61. The van der Waals surface area contributed by atoms with Gasteiger partial charge in [0.15, 0.2) is 16.3 Å². The van der Waals surface area contributed by atoms with Crippen LogP contribution in [0.4, 0.5) is 0 Å². The van der Waals surface area contributed by atoms with Gasteiger partial charge in [0.05, 0.1) is 0 Å². The molecule has 0 saturated carbocycles. The van der Waals surface area contributed by atoms with Crippen molar-refractivity contribution >= 4 is 22.9 Å². The molecule has 0 amide bonds. The molecule has 0 aliphatic heterocycles. The highest BCUT2D eigenvalue weighted by Crippen LogP contribution is 2.22.